The first-order valence-electron chi connectivity index (χ1n) is 4.42. The molecule has 1 unspecified atom stereocenters. The lowest BCUT2D eigenvalue weighted by Gasteiger charge is -2.08. The Morgan fingerprint density at radius 3 is 2.69 bits per heavy atom. The van der Waals surface area contributed by atoms with Gasteiger partial charge in [0.05, 0.1) is 5.92 Å². The highest BCUT2D eigenvalue weighted by molar-refractivity contribution is 5.69. The Kier molecular flexibility index (Phi) is 3.46. The van der Waals surface area contributed by atoms with Crippen LogP contribution in [0.25, 0.3) is 0 Å². The van der Waals surface area contributed by atoms with Crippen LogP contribution in [0.1, 0.15) is 18.4 Å². The van der Waals surface area contributed by atoms with Gasteiger partial charge in [-0.25, -0.2) is 9.97 Å². The molecule has 0 fully saturated rings. The zero-order valence-electron chi connectivity index (χ0n) is 8.32. The quantitative estimate of drug-likeness (QED) is 0.865. The second kappa shape index (κ2) is 4.46. The van der Waals surface area contributed by atoms with Crippen LogP contribution in [0.3, 0.4) is 0 Å². The van der Waals surface area contributed by atoms with Crippen molar-refractivity contribution in [2.45, 2.75) is 19.5 Å². The molecule has 0 amide bonds. The van der Waals surface area contributed by atoms with Gasteiger partial charge in [-0.2, -0.15) is 13.2 Å². The zero-order chi connectivity index (χ0) is 12.3. The SMILES string of the molecule is CC(Cc1nccc(C(F)(F)F)n1)C(=O)O. The third-order valence-corrected chi connectivity index (χ3v) is 1.91. The molecule has 0 saturated carbocycles. The van der Waals surface area contributed by atoms with Gasteiger partial charge in [0, 0.05) is 12.6 Å². The summed E-state index contributed by atoms with van der Waals surface area (Å²) in [5.41, 5.74) is -1.06. The van der Waals surface area contributed by atoms with Crippen LogP contribution in [-0.4, -0.2) is 21.0 Å². The first-order chi connectivity index (χ1) is 7.30. The number of hydrogen-bond donors (Lipinski definition) is 1. The number of aromatic nitrogens is 2. The Bertz CT molecular complexity index is 393. The summed E-state index contributed by atoms with van der Waals surface area (Å²) in [6, 6.07) is 0.745. The average Bonchev–Trinajstić information content (AvgIpc) is 2.16. The molecule has 1 aromatic heterocycles. The second-order valence-corrected chi connectivity index (χ2v) is 3.30. The molecule has 88 valence electrons. The van der Waals surface area contributed by atoms with Gasteiger partial charge < -0.3 is 5.11 Å². The number of alkyl halides is 3. The van der Waals surface area contributed by atoms with Crippen LogP contribution in [0.4, 0.5) is 13.2 Å². The molecule has 16 heavy (non-hydrogen) atoms. The number of carboxylic acid groups (broad SMARTS) is 1. The van der Waals surface area contributed by atoms with Crippen LogP contribution in [0, 0.1) is 5.92 Å². The summed E-state index contributed by atoms with van der Waals surface area (Å²) in [6.07, 6.45) is -3.69. The van der Waals surface area contributed by atoms with E-state index in [1.807, 2.05) is 0 Å². The minimum Gasteiger partial charge on any atom is -0.481 e. The molecule has 0 bridgehead atoms. The van der Waals surface area contributed by atoms with Gasteiger partial charge in [0.15, 0.2) is 0 Å². The summed E-state index contributed by atoms with van der Waals surface area (Å²) in [5, 5.41) is 8.59. The van der Waals surface area contributed by atoms with E-state index in [0.29, 0.717) is 0 Å². The van der Waals surface area contributed by atoms with Crippen molar-refractivity contribution in [3.63, 3.8) is 0 Å². The number of hydrogen-bond acceptors (Lipinski definition) is 3. The molecule has 1 rings (SSSR count). The van der Waals surface area contributed by atoms with Crippen molar-refractivity contribution >= 4 is 5.97 Å². The molecule has 1 atom stereocenters. The van der Waals surface area contributed by atoms with Crippen LogP contribution >= 0.6 is 0 Å². The standard InChI is InChI=1S/C9H9F3N2O2/c1-5(8(15)16)4-7-13-3-2-6(14-7)9(10,11)12/h2-3,5H,4H2,1H3,(H,15,16). The van der Waals surface area contributed by atoms with Crippen LogP contribution in [0.15, 0.2) is 12.3 Å². The molecule has 0 aliphatic carbocycles. The van der Waals surface area contributed by atoms with Gasteiger partial charge in [-0.3, -0.25) is 4.79 Å². The number of nitrogens with zero attached hydrogens (tertiary/aromatic N) is 2. The molecule has 0 radical (unpaired) electrons. The van der Waals surface area contributed by atoms with Gasteiger partial charge >= 0.3 is 12.1 Å². The Hall–Kier alpha value is -1.66. The maximum absolute atomic E-state index is 12.3. The average molecular weight is 234 g/mol. The highest BCUT2D eigenvalue weighted by Gasteiger charge is 2.32. The number of carbonyl (C=O) groups is 1. The van der Waals surface area contributed by atoms with E-state index in [0.717, 1.165) is 12.3 Å². The smallest absolute Gasteiger partial charge is 0.433 e. The molecule has 7 heteroatoms. The Labute approximate surface area is 89.1 Å². The summed E-state index contributed by atoms with van der Waals surface area (Å²) in [4.78, 5) is 17.4. The third kappa shape index (κ3) is 3.18. The molecule has 0 spiro atoms. The second-order valence-electron chi connectivity index (χ2n) is 3.30. The molecule has 4 nitrogen and oxygen atoms in total. The normalized spacial score (nSPS) is 13.5. The number of rotatable bonds is 3. The maximum atomic E-state index is 12.3. The lowest BCUT2D eigenvalue weighted by atomic mass is 10.1. The topological polar surface area (TPSA) is 63.1 Å². The summed E-state index contributed by atoms with van der Waals surface area (Å²) in [7, 11) is 0. The van der Waals surface area contributed by atoms with E-state index in [9.17, 15) is 18.0 Å². The van der Waals surface area contributed by atoms with Gasteiger partial charge in [-0.05, 0) is 6.07 Å². The van der Waals surface area contributed by atoms with E-state index >= 15 is 0 Å². The Balaban J connectivity index is 2.87. The molecule has 0 saturated heterocycles. The number of carboxylic acids is 1. The van der Waals surface area contributed by atoms with E-state index < -0.39 is 23.8 Å². The minimum absolute atomic E-state index is 0.121. The zero-order valence-corrected chi connectivity index (χ0v) is 8.32. The van der Waals surface area contributed by atoms with Gasteiger partial charge in [0.1, 0.15) is 11.5 Å². The molecular weight excluding hydrogens is 225 g/mol. The van der Waals surface area contributed by atoms with E-state index in [1.165, 1.54) is 6.92 Å². The predicted molar refractivity (Wildman–Crippen MR) is 47.5 cm³/mol. The summed E-state index contributed by atoms with van der Waals surface area (Å²) < 4.78 is 36.8. The van der Waals surface area contributed by atoms with Gasteiger partial charge in [-0.1, -0.05) is 6.92 Å². The van der Waals surface area contributed by atoms with Gasteiger partial charge in [0.2, 0.25) is 0 Å². The highest BCUT2D eigenvalue weighted by atomic mass is 19.4. The van der Waals surface area contributed by atoms with Gasteiger partial charge in [-0.15, -0.1) is 0 Å². The van der Waals surface area contributed by atoms with Crippen molar-refractivity contribution in [3.05, 3.63) is 23.8 Å². The fourth-order valence-electron chi connectivity index (χ4n) is 1.02. The summed E-state index contributed by atoms with van der Waals surface area (Å²) in [5.74, 6) is -2.03. The van der Waals surface area contributed by atoms with E-state index in [1.54, 1.807) is 0 Å². The summed E-state index contributed by atoms with van der Waals surface area (Å²) in [6.45, 7) is 1.38. The third-order valence-electron chi connectivity index (χ3n) is 1.91. The fourth-order valence-corrected chi connectivity index (χ4v) is 1.02. The monoisotopic (exact) mass is 234 g/mol. The van der Waals surface area contributed by atoms with Crippen molar-refractivity contribution < 1.29 is 23.1 Å². The lowest BCUT2D eigenvalue weighted by molar-refractivity contribution is -0.141. The van der Waals surface area contributed by atoms with Crippen LogP contribution < -0.4 is 0 Å². The van der Waals surface area contributed by atoms with Crippen LogP contribution in [-0.2, 0) is 17.4 Å². The van der Waals surface area contributed by atoms with Crippen LogP contribution in [0.2, 0.25) is 0 Å². The van der Waals surface area contributed by atoms with Crippen molar-refractivity contribution in [1.82, 2.24) is 9.97 Å². The number of halogens is 3. The Morgan fingerprint density at radius 1 is 1.56 bits per heavy atom. The molecule has 1 heterocycles. The molecule has 0 aliphatic rings. The van der Waals surface area contributed by atoms with Crippen molar-refractivity contribution in [1.29, 1.82) is 0 Å². The fraction of sp³-hybridized carbons (Fsp3) is 0.444. The molecule has 0 aliphatic heterocycles. The van der Waals surface area contributed by atoms with Crippen LogP contribution in [0.5, 0.6) is 0 Å². The molecule has 1 N–H and O–H groups in total. The molecular formula is C9H9F3N2O2. The Morgan fingerprint density at radius 2 is 2.19 bits per heavy atom. The first-order valence-corrected chi connectivity index (χ1v) is 4.42. The maximum Gasteiger partial charge on any atom is 0.433 e. The molecule has 1 aromatic rings. The largest absolute Gasteiger partial charge is 0.481 e. The van der Waals surface area contributed by atoms with Crippen molar-refractivity contribution in [2.24, 2.45) is 5.92 Å². The predicted octanol–water partition coefficient (Wildman–Crippen LogP) is 1.76. The van der Waals surface area contributed by atoms with E-state index in [4.69, 9.17) is 5.11 Å². The molecule has 0 aromatic carbocycles. The highest BCUT2D eigenvalue weighted by Crippen LogP contribution is 2.27. The summed E-state index contributed by atoms with van der Waals surface area (Å²) >= 11 is 0. The van der Waals surface area contributed by atoms with E-state index in [-0.39, 0.29) is 12.2 Å². The van der Waals surface area contributed by atoms with Gasteiger partial charge in [0.25, 0.3) is 0 Å². The first kappa shape index (κ1) is 12.4. The minimum atomic E-state index is -4.54. The lowest BCUT2D eigenvalue weighted by Crippen LogP contribution is -2.16. The van der Waals surface area contributed by atoms with Crippen molar-refractivity contribution in [2.75, 3.05) is 0 Å². The van der Waals surface area contributed by atoms with Crippen molar-refractivity contribution in [3.8, 4) is 0 Å². The van der Waals surface area contributed by atoms with E-state index in [2.05, 4.69) is 9.97 Å². The number of aliphatic carboxylic acids is 1.